The summed E-state index contributed by atoms with van der Waals surface area (Å²) in [7, 11) is -5.42. The summed E-state index contributed by atoms with van der Waals surface area (Å²) in [6.45, 7) is 0. The zero-order chi connectivity index (χ0) is 7.21. The van der Waals surface area contributed by atoms with E-state index in [2.05, 4.69) is 0 Å². The molecule has 0 saturated heterocycles. The maximum atomic E-state index is 10.1. The molecule has 0 N–H and O–H groups in total. The van der Waals surface area contributed by atoms with Crippen molar-refractivity contribution >= 4 is 10.5 Å². The van der Waals surface area contributed by atoms with Crippen LogP contribution in [0.15, 0.2) is 0 Å². The van der Waals surface area contributed by atoms with Gasteiger partial charge in [0.05, 0.1) is 0 Å². The Balaban J connectivity index is 0. The van der Waals surface area contributed by atoms with E-state index in [9.17, 15) is 3.89 Å². The van der Waals surface area contributed by atoms with Crippen LogP contribution < -0.4 is 5.04 Å². The van der Waals surface area contributed by atoms with Crippen LogP contribution in [0.3, 0.4) is 0 Å². The Hall–Kier alpha value is -0.850. The fraction of sp³-hybridized carbons (Fsp3) is 0. The highest BCUT2D eigenvalue weighted by Crippen LogP contribution is 1.73. The molecule has 0 aliphatic heterocycles. The molecule has 0 saturated carbocycles. The summed E-state index contributed by atoms with van der Waals surface area (Å²) in [5, 5.41) is 1.00. The average molecular weight is 145 g/mol. The van der Waals surface area contributed by atoms with Crippen molar-refractivity contribution in [2.24, 2.45) is 0 Å². The second-order valence-electron chi connectivity index (χ2n) is 0.468. The molecule has 8 heteroatoms. The van der Waals surface area contributed by atoms with Crippen LogP contribution in [-0.2, 0) is 10.5 Å². The second-order valence-corrected chi connectivity index (χ2v) is 1.25. The van der Waals surface area contributed by atoms with Gasteiger partial charge in [-0.2, -0.15) is 0 Å². The van der Waals surface area contributed by atoms with E-state index < -0.39 is 10.5 Å². The fourth-order valence-corrected chi connectivity index (χ4v) is 0. The van der Waals surface area contributed by atoms with E-state index in [1.54, 1.807) is 0 Å². The summed E-state index contributed by atoms with van der Waals surface area (Å²) in [5.74, 6) is 0. The molecule has 0 rings (SSSR count). The van der Waals surface area contributed by atoms with Crippen LogP contribution in [0.2, 0.25) is 0 Å². The third kappa shape index (κ3) is 123. The minimum Gasteiger partial charge on any atom is -0.722 e. The third-order valence-electron chi connectivity index (χ3n) is 0. The van der Waals surface area contributed by atoms with Crippen LogP contribution in [0.4, 0.5) is 3.89 Å². The Morgan fingerprint density at radius 2 is 1.38 bits per heavy atom. The van der Waals surface area contributed by atoms with E-state index in [4.69, 9.17) is 22.8 Å². The van der Waals surface area contributed by atoms with E-state index in [1.165, 1.54) is 0 Å². The topological polar surface area (TPSA) is 105 Å². The van der Waals surface area contributed by atoms with Crippen LogP contribution in [0.1, 0.15) is 0 Å². The standard InChI is InChI=1S/FHO3S.NO2/c1-5(2,3)4;2-1-3/h(H,2,3,4);/q;+1/p-1. The van der Waals surface area contributed by atoms with Gasteiger partial charge in [0.1, 0.15) is 0 Å². The largest absolute Gasteiger partial charge is 0.722 e. The van der Waals surface area contributed by atoms with Gasteiger partial charge in [0, 0.05) is 0 Å². The van der Waals surface area contributed by atoms with Crippen LogP contribution in [0.5, 0.6) is 0 Å². The zero-order valence-electron chi connectivity index (χ0n) is 3.27. The molecule has 8 heavy (non-hydrogen) atoms. The van der Waals surface area contributed by atoms with Crippen molar-refractivity contribution in [3.05, 3.63) is 9.81 Å². The summed E-state index contributed by atoms with van der Waals surface area (Å²) in [4.78, 5) is 16.0. The Labute approximate surface area is 43.3 Å². The van der Waals surface area contributed by atoms with E-state index in [-0.39, 0.29) is 0 Å². The molecule has 0 fully saturated rings. The van der Waals surface area contributed by atoms with E-state index in [1.807, 2.05) is 0 Å². The molecule has 0 aliphatic rings. The molecule has 0 aromatic carbocycles. The lowest BCUT2D eigenvalue weighted by atomic mass is 13.6. The van der Waals surface area contributed by atoms with Gasteiger partial charge in [-0.3, -0.25) is 0 Å². The van der Waals surface area contributed by atoms with E-state index in [0.717, 1.165) is 5.04 Å². The predicted octanol–water partition coefficient (Wildman–Crippen LogP) is -0.997. The van der Waals surface area contributed by atoms with Crippen molar-refractivity contribution < 1.29 is 16.9 Å². The first-order valence-electron chi connectivity index (χ1n) is 1.02. The number of halogens is 1. The molecular formula is FNO5S. The molecule has 0 unspecified atom stereocenters. The highest BCUT2D eigenvalue weighted by Gasteiger charge is 1.73. The van der Waals surface area contributed by atoms with Crippen LogP contribution in [0.25, 0.3) is 0 Å². The molecule has 0 amide bonds. The first-order valence-corrected chi connectivity index (χ1v) is 2.33. The number of rotatable bonds is 0. The van der Waals surface area contributed by atoms with Gasteiger partial charge in [0.15, 0.2) is 0 Å². The van der Waals surface area contributed by atoms with Crippen molar-refractivity contribution in [3.63, 3.8) is 0 Å². The molecular weight excluding hydrogens is 145 g/mol. The molecule has 0 spiro atoms. The second kappa shape index (κ2) is 4.31. The minimum absolute atomic E-state index is 1.00. The maximum Gasteiger partial charge on any atom is 0.569 e. The van der Waals surface area contributed by atoms with Crippen LogP contribution in [-0.4, -0.2) is 13.0 Å². The van der Waals surface area contributed by atoms with Gasteiger partial charge < -0.3 is 4.55 Å². The Kier molecular flexibility index (Phi) is 5.50. The van der Waals surface area contributed by atoms with E-state index >= 15 is 0 Å². The third-order valence-corrected chi connectivity index (χ3v) is 0. The summed E-state index contributed by atoms with van der Waals surface area (Å²) >= 11 is 0. The van der Waals surface area contributed by atoms with Gasteiger partial charge in [-0.15, -0.1) is 3.89 Å². The van der Waals surface area contributed by atoms with Gasteiger partial charge in [-0.05, 0) is 0 Å². The van der Waals surface area contributed by atoms with Gasteiger partial charge in [0.2, 0.25) is 9.81 Å². The van der Waals surface area contributed by atoms with E-state index in [0.29, 0.717) is 0 Å². The predicted molar refractivity (Wildman–Crippen MR) is 19.7 cm³/mol. The van der Waals surface area contributed by atoms with Gasteiger partial charge in [-0.25, -0.2) is 8.42 Å². The highest BCUT2D eigenvalue weighted by molar-refractivity contribution is 7.80. The van der Waals surface area contributed by atoms with Crippen molar-refractivity contribution in [2.75, 3.05) is 0 Å². The lowest BCUT2D eigenvalue weighted by molar-refractivity contribution is 0.417. The van der Waals surface area contributed by atoms with Crippen LogP contribution >= 0.6 is 0 Å². The van der Waals surface area contributed by atoms with Crippen molar-refractivity contribution in [2.45, 2.75) is 0 Å². The summed E-state index contributed by atoms with van der Waals surface area (Å²) in [6.07, 6.45) is 0. The maximum absolute atomic E-state index is 10.1. The first kappa shape index (κ1) is 10.2. The summed E-state index contributed by atoms with van der Waals surface area (Å²) < 4.78 is 35.3. The van der Waals surface area contributed by atoms with Gasteiger partial charge in [-0.1, -0.05) is 0 Å². The number of hydrogen-bond acceptors (Lipinski definition) is 5. The molecule has 6 nitrogen and oxygen atoms in total. The molecule has 0 heterocycles. The first-order chi connectivity index (χ1) is 3.41. The number of nitrogens with zero attached hydrogens (tertiary/aromatic N) is 1. The zero-order valence-corrected chi connectivity index (χ0v) is 4.09. The average Bonchev–Trinajstić information content (AvgIpc) is 1.27. The summed E-state index contributed by atoms with van der Waals surface area (Å²) in [6, 6.07) is 0. The molecule has 0 aliphatic carbocycles. The lowest BCUT2D eigenvalue weighted by Crippen LogP contribution is -1.81. The normalized spacial score (nSPS) is 8.25. The summed E-state index contributed by atoms with van der Waals surface area (Å²) in [5.41, 5.74) is 0. The molecule has 0 aromatic heterocycles. The highest BCUT2D eigenvalue weighted by atomic mass is 32.3. The quantitative estimate of drug-likeness (QED) is 0.247. The molecule has 48 valence electrons. The number of nitroso groups, excluding NO2 is 2. The van der Waals surface area contributed by atoms with Gasteiger partial charge in [0.25, 0.3) is 10.5 Å². The molecule has 0 atom stereocenters. The Morgan fingerprint density at radius 3 is 1.38 bits per heavy atom. The Morgan fingerprint density at radius 1 is 1.38 bits per heavy atom. The van der Waals surface area contributed by atoms with Crippen molar-refractivity contribution in [3.8, 4) is 0 Å². The molecule has 0 radical (unpaired) electrons. The minimum atomic E-state index is -5.42. The monoisotopic (exact) mass is 145 g/mol. The SMILES string of the molecule is O=S(=O)([O-])F.O=[N+]=O. The smallest absolute Gasteiger partial charge is 0.569 e. The van der Waals surface area contributed by atoms with Crippen LogP contribution in [0, 0.1) is 9.81 Å². The Bertz CT molecular complexity index is 153. The molecule has 0 bridgehead atoms. The molecule has 0 aromatic rings. The van der Waals surface area contributed by atoms with Gasteiger partial charge >= 0.3 is 5.04 Å². The fourth-order valence-electron chi connectivity index (χ4n) is 0. The lowest BCUT2D eigenvalue weighted by Gasteiger charge is -1.84. The van der Waals surface area contributed by atoms with Crippen molar-refractivity contribution in [1.29, 1.82) is 0 Å². The van der Waals surface area contributed by atoms with Crippen molar-refractivity contribution in [1.82, 2.24) is 5.04 Å². The number of hydrogen-bond donors (Lipinski definition) is 0.